The van der Waals surface area contributed by atoms with Crippen LogP contribution < -0.4 is 0 Å². The number of carboxylic acid groups (broad SMARTS) is 1. The molecule has 16 heavy (non-hydrogen) atoms. The van der Waals surface area contributed by atoms with Crippen molar-refractivity contribution in [2.75, 3.05) is 0 Å². The molecule has 2 aromatic rings. The summed E-state index contributed by atoms with van der Waals surface area (Å²) in [6, 6.07) is 5.55. The Labute approximate surface area is 99.0 Å². The number of hydrogen-bond donors (Lipinski definition) is 1. The van der Waals surface area contributed by atoms with Crippen LogP contribution in [0, 0.1) is 6.92 Å². The smallest absolute Gasteiger partial charge is 0.377 e. The predicted octanol–water partition coefficient (Wildman–Crippen LogP) is 1.43. The Kier molecular flexibility index (Phi) is 2.69. The summed E-state index contributed by atoms with van der Waals surface area (Å²) in [5.41, 5.74) is 1.72. The van der Waals surface area contributed by atoms with E-state index in [-0.39, 0.29) is 5.82 Å². The van der Waals surface area contributed by atoms with Gasteiger partial charge in [-0.15, -0.1) is 15.0 Å². The molecule has 0 saturated heterocycles. The van der Waals surface area contributed by atoms with E-state index >= 15 is 0 Å². The van der Waals surface area contributed by atoms with Gasteiger partial charge in [-0.05, 0) is 45.8 Å². The van der Waals surface area contributed by atoms with Gasteiger partial charge in [-0.2, -0.15) is 0 Å². The monoisotopic (exact) mass is 282 g/mol. The molecule has 1 aromatic carbocycles. The molecule has 2 rings (SSSR count). The van der Waals surface area contributed by atoms with Gasteiger partial charge < -0.3 is 5.11 Å². The number of hydrogen-bond acceptors (Lipinski definition) is 4. The Bertz CT molecular complexity index is 552. The summed E-state index contributed by atoms with van der Waals surface area (Å²) in [6.07, 6.45) is 0. The molecule has 6 nitrogen and oxygen atoms in total. The van der Waals surface area contributed by atoms with Gasteiger partial charge in [0.2, 0.25) is 0 Å². The van der Waals surface area contributed by atoms with E-state index in [0.29, 0.717) is 5.69 Å². The molecule has 0 atom stereocenters. The van der Waals surface area contributed by atoms with Crippen LogP contribution in [-0.2, 0) is 0 Å². The first-order valence-electron chi connectivity index (χ1n) is 4.38. The van der Waals surface area contributed by atoms with E-state index < -0.39 is 5.97 Å². The lowest BCUT2D eigenvalue weighted by Crippen LogP contribution is -2.03. The second-order valence-corrected chi connectivity index (χ2v) is 4.02. The molecule has 0 saturated carbocycles. The van der Waals surface area contributed by atoms with Crippen LogP contribution in [0.4, 0.5) is 0 Å². The van der Waals surface area contributed by atoms with Gasteiger partial charge in [-0.3, -0.25) is 0 Å². The number of tetrazole rings is 1. The molecular weight excluding hydrogens is 276 g/mol. The normalized spacial score (nSPS) is 10.4. The standard InChI is InChI=1S/C9H7BrN4O2/c1-5-2-3-7(6(10)4-5)14-12-8(9(15)16)11-13-14/h2-4H,1H3,(H,15,16). The minimum absolute atomic E-state index is 0.326. The van der Waals surface area contributed by atoms with Gasteiger partial charge in [0.05, 0.1) is 0 Å². The molecule has 0 aliphatic rings. The highest BCUT2D eigenvalue weighted by molar-refractivity contribution is 9.10. The van der Waals surface area contributed by atoms with Crippen molar-refractivity contribution in [1.29, 1.82) is 0 Å². The van der Waals surface area contributed by atoms with Crippen LogP contribution in [0.25, 0.3) is 5.69 Å². The largest absolute Gasteiger partial charge is 0.475 e. The number of rotatable bonds is 2. The average molecular weight is 283 g/mol. The first-order valence-corrected chi connectivity index (χ1v) is 5.17. The van der Waals surface area contributed by atoms with Crippen molar-refractivity contribution in [1.82, 2.24) is 20.2 Å². The zero-order chi connectivity index (χ0) is 11.7. The lowest BCUT2D eigenvalue weighted by atomic mass is 10.2. The predicted molar refractivity (Wildman–Crippen MR) is 58.6 cm³/mol. The fourth-order valence-electron chi connectivity index (χ4n) is 1.18. The van der Waals surface area contributed by atoms with Gasteiger partial charge in [0.1, 0.15) is 5.69 Å². The van der Waals surface area contributed by atoms with Gasteiger partial charge in [-0.25, -0.2) is 4.79 Å². The molecule has 0 radical (unpaired) electrons. The second kappa shape index (κ2) is 4.01. The lowest BCUT2D eigenvalue weighted by molar-refractivity contribution is 0.0683. The van der Waals surface area contributed by atoms with Crippen molar-refractivity contribution < 1.29 is 9.90 Å². The van der Waals surface area contributed by atoms with E-state index in [1.807, 2.05) is 19.1 Å². The molecule has 0 unspecified atom stereocenters. The van der Waals surface area contributed by atoms with E-state index in [0.717, 1.165) is 10.0 Å². The van der Waals surface area contributed by atoms with Crippen LogP contribution in [0.3, 0.4) is 0 Å². The van der Waals surface area contributed by atoms with E-state index in [1.54, 1.807) is 6.07 Å². The topological polar surface area (TPSA) is 80.9 Å². The number of halogens is 1. The summed E-state index contributed by atoms with van der Waals surface area (Å²) in [7, 11) is 0. The molecule has 0 bridgehead atoms. The highest BCUT2D eigenvalue weighted by atomic mass is 79.9. The molecular formula is C9H7BrN4O2. The third-order valence-electron chi connectivity index (χ3n) is 1.92. The van der Waals surface area contributed by atoms with E-state index in [4.69, 9.17) is 5.11 Å². The maximum absolute atomic E-state index is 10.6. The fraction of sp³-hybridized carbons (Fsp3) is 0.111. The molecule has 1 heterocycles. The lowest BCUT2D eigenvalue weighted by Gasteiger charge is -2.02. The molecule has 1 aromatic heterocycles. The third kappa shape index (κ3) is 1.94. The number of aromatic nitrogens is 4. The van der Waals surface area contributed by atoms with Crippen molar-refractivity contribution in [2.45, 2.75) is 6.92 Å². The highest BCUT2D eigenvalue weighted by Gasteiger charge is 2.12. The van der Waals surface area contributed by atoms with Crippen molar-refractivity contribution in [2.24, 2.45) is 0 Å². The summed E-state index contributed by atoms with van der Waals surface area (Å²) in [4.78, 5) is 11.8. The van der Waals surface area contributed by atoms with Gasteiger partial charge in [0.15, 0.2) is 0 Å². The van der Waals surface area contributed by atoms with Crippen LogP contribution in [-0.4, -0.2) is 31.3 Å². The minimum atomic E-state index is -1.20. The van der Waals surface area contributed by atoms with Crippen LogP contribution >= 0.6 is 15.9 Å². The summed E-state index contributed by atoms with van der Waals surface area (Å²) in [5, 5.41) is 19.5. The molecule has 0 amide bonds. The Morgan fingerprint density at radius 3 is 2.81 bits per heavy atom. The Balaban J connectivity index is 2.46. The maximum Gasteiger partial charge on any atom is 0.377 e. The average Bonchev–Trinajstić information content (AvgIpc) is 2.66. The molecule has 0 aliphatic heterocycles. The van der Waals surface area contributed by atoms with Crippen LogP contribution in [0.15, 0.2) is 22.7 Å². The minimum Gasteiger partial charge on any atom is -0.475 e. The Morgan fingerprint density at radius 2 is 2.25 bits per heavy atom. The number of carboxylic acids is 1. The number of aromatic carboxylic acids is 1. The summed E-state index contributed by atoms with van der Waals surface area (Å²) < 4.78 is 0.779. The highest BCUT2D eigenvalue weighted by Crippen LogP contribution is 2.20. The second-order valence-electron chi connectivity index (χ2n) is 3.16. The van der Waals surface area contributed by atoms with Crippen LogP contribution in [0.2, 0.25) is 0 Å². The van der Waals surface area contributed by atoms with Crippen LogP contribution in [0.1, 0.15) is 16.2 Å². The molecule has 0 aliphatic carbocycles. The van der Waals surface area contributed by atoms with E-state index in [1.165, 1.54) is 4.80 Å². The first-order chi connectivity index (χ1) is 7.58. The van der Waals surface area contributed by atoms with Crippen LogP contribution in [0.5, 0.6) is 0 Å². The SMILES string of the molecule is Cc1ccc(-n2nnc(C(=O)O)n2)c(Br)c1. The number of carbonyl (C=O) groups is 1. The zero-order valence-corrected chi connectivity index (χ0v) is 9.84. The molecule has 0 fully saturated rings. The molecule has 7 heteroatoms. The fourth-order valence-corrected chi connectivity index (χ4v) is 1.83. The zero-order valence-electron chi connectivity index (χ0n) is 8.25. The van der Waals surface area contributed by atoms with Gasteiger partial charge in [0.25, 0.3) is 5.82 Å². The van der Waals surface area contributed by atoms with Crippen molar-refractivity contribution in [3.05, 3.63) is 34.1 Å². The van der Waals surface area contributed by atoms with Gasteiger partial charge in [0, 0.05) is 4.47 Å². The number of nitrogens with zero attached hydrogens (tertiary/aromatic N) is 4. The van der Waals surface area contributed by atoms with Crippen molar-refractivity contribution in [3.63, 3.8) is 0 Å². The number of benzene rings is 1. The Hall–Kier alpha value is -1.76. The molecule has 0 spiro atoms. The summed E-state index contributed by atoms with van der Waals surface area (Å²) in [6.45, 7) is 1.95. The molecule has 1 N–H and O–H groups in total. The Morgan fingerprint density at radius 1 is 1.50 bits per heavy atom. The first kappa shape index (κ1) is 10.7. The van der Waals surface area contributed by atoms with Gasteiger partial charge >= 0.3 is 5.97 Å². The van der Waals surface area contributed by atoms with E-state index in [9.17, 15) is 4.79 Å². The third-order valence-corrected chi connectivity index (χ3v) is 2.56. The van der Waals surface area contributed by atoms with Crippen molar-refractivity contribution >= 4 is 21.9 Å². The number of aryl methyl sites for hydroxylation is 1. The van der Waals surface area contributed by atoms with Gasteiger partial charge in [-0.1, -0.05) is 6.07 Å². The summed E-state index contributed by atoms with van der Waals surface area (Å²) in [5.74, 6) is -1.53. The van der Waals surface area contributed by atoms with Crippen molar-refractivity contribution in [3.8, 4) is 5.69 Å². The maximum atomic E-state index is 10.6. The summed E-state index contributed by atoms with van der Waals surface area (Å²) >= 11 is 3.35. The van der Waals surface area contributed by atoms with E-state index in [2.05, 4.69) is 31.3 Å². The molecule has 82 valence electrons. The quantitative estimate of drug-likeness (QED) is 0.901.